The fraction of sp³-hybridized carbons (Fsp3) is 0.588. The molecule has 9 nitrogen and oxygen atoms in total. The van der Waals surface area contributed by atoms with E-state index in [0.29, 0.717) is 26.1 Å². The molecular weight excluding hydrogens is 376 g/mol. The number of carbonyl (C=O) groups is 2. The zero-order chi connectivity index (χ0) is 20.1. The number of nitrogens with zero attached hydrogens (tertiary/aromatic N) is 1. The van der Waals surface area contributed by atoms with Crippen molar-refractivity contribution in [2.75, 3.05) is 39.6 Å². The minimum atomic E-state index is -0.604. The molecule has 1 saturated heterocycles. The lowest BCUT2D eigenvalue weighted by atomic mass is 9.99. The van der Waals surface area contributed by atoms with E-state index in [4.69, 9.17) is 26.8 Å². The first kappa shape index (κ1) is 21.2. The number of pyridine rings is 1. The summed E-state index contributed by atoms with van der Waals surface area (Å²) in [5, 5.41) is 2.94. The van der Waals surface area contributed by atoms with Crippen LogP contribution in [0.2, 0.25) is 5.02 Å². The Balaban J connectivity index is 2.02. The minimum Gasteiger partial charge on any atom is -0.469 e. The van der Waals surface area contributed by atoms with Crippen molar-refractivity contribution < 1.29 is 19.1 Å². The Kier molecular flexibility index (Phi) is 7.23. The monoisotopic (exact) mass is 400 g/mol. The Hall–Kier alpha value is -2.10. The van der Waals surface area contributed by atoms with Gasteiger partial charge in [0.1, 0.15) is 11.4 Å². The standard InChI is InChI=1S/C17H25ClN4O5/c1-9(17(25)27-3)7-22-5-4-12(13(8-22)26-2)20-15(23)10-6-11(18)14(19)21-16(10)24/h6,9,12-13H,4-5,7-8H2,1-3H3,(H,20,23)(H3,19,21,24)/t9-,12-,13+/m0/s1. The number of aromatic nitrogens is 1. The number of nitrogens with two attached hydrogens (primary N) is 1. The van der Waals surface area contributed by atoms with Crippen LogP contribution >= 0.6 is 11.6 Å². The maximum Gasteiger partial charge on any atom is 0.309 e. The van der Waals surface area contributed by atoms with Crippen LogP contribution in [0.5, 0.6) is 0 Å². The van der Waals surface area contributed by atoms with E-state index < -0.39 is 11.5 Å². The number of piperidine rings is 1. The summed E-state index contributed by atoms with van der Waals surface area (Å²) < 4.78 is 10.3. The van der Waals surface area contributed by atoms with Crippen molar-refractivity contribution in [3.8, 4) is 0 Å². The highest BCUT2D eigenvalue weighted by molar-refractivity contribution is 6.33. The van der Waals surface area contributed by atoms with E-state index in [1.165, 1.54) is 13.2 Å². The first-order chi connectivity index (χ1) is 12.8. The summed E-state index contributed by atoms with van der Waals surface area (Å²) in [4.78, 5) is 40.5. The van der Waals surface area contributed by atoms with Gasteiger partial charge in [-0.15, -0.1) is 0 Å². The van der Waals surface area contributed by atoms with Gasteiger partial charge in [-0.05, 0) is 12.5 Å². The lowest BCUT2D eigenvalue weighted by Gasteiger charge is -2.38. The number of hydrogen-bond donors (Lipinski definition) is 3. The van der Waals surface area contributed by atoms with Gasteiger partial charge in [-0.3, -0.25) is 19.3 Å². The lowest BCUT2D eigenvalue weighted by molar-refractivity contribution is -0.145. The summed E-state index contributed by atoms with van der Waals surface area (Å²) in [5.41, 5.74) is 4.82. The summed E-state index contributed by atoms with van der Waals surface area (Å²) in [5.74, 6) is -1.05. The molecule has 0 spiro atoms. The molecule has 1 amide bonds. The van der Waals surface area contributed by atoms with Crippen LogP contribution in [0.15, 0.2) is 10.9 Å². The van der Waals surface area contributed by atoms with Crippen LogP contribution in [0.25, 0.3) is 0 Å². The van der Waals surface area contributed by atoms with Gasteiger partial charge in [0.25, 0.3) is 11.5 Å². The molecule has 0 radical (unpaired) electrons. The number of nitrogens with one attached hydrogen (secondary N) is 2. The first-order valence-electron chi connectivity index (χ1n) is 8.59. The number of ether oxygens (including phenoxy) is 2. The van der Waals surface area contributed by atoms with E-state index in [0.717, 1.165) is 0 Å². The molecule has 1 fully saturated rings. The Bertz CT molecular complexity index is 753. The van der Waals surface area contributed by atoms with Gasteiger partial charge >= 0.3 is 5.97 Å². The number of hydrogen-bond acceptors (Lipinski definition) is 7. The van der Waals surface area contributed by atoms with E-state index >= 15 is 0 Å². The Labute approximate surface area is 162 Å². The number of H-pyrrole nitrogens is 1. The van der Waals surface area contributed by atoms with Crippen molar-refractivity contribution >= 4 is 29.3 Å². The largest absolute Gasteiger partial charge is 0.469 e. The third-order valence-electron chi connectivity index (χ3n) is 4.66. The van der Waals surface area contributed by atoms with Crippen LogP contribution in [0.3, 0.4) is 0 Å². The number of nitrogen functional groups attached to an aromatic ring is 1. The molecule has 0 aromatic carbocycles. The Morgan fingerprint density at radius 2 is 2.19 bits per heavy atom. The van der Waals surface area contributed by atoms with Gasteiger partial charge < -0.3 is 25.5 Å². The molecule has 0 bridgehead atoms. The summed E-state index contributed by atoms with van der Waals surface area (Å²) >= 11 is 5.89. The topological polar surface area (TPSA) is 127 Å². The predicted molar refractivity (Wildman–Crippen MR) is 101 cm³/mol. The van der Waals surface area contributed by atoms with Gasteiger partial charge in [0.15, 0.2) is 0 Å². The van der Waals surface area contributed by atoms with Crippen molar-refractivity contribution in [3.63, 3.8) is 0 Å². The summed E-state index contributed by atoms with van der Waals surface area (Å²) in [6, 6.07) is 0.975. The van der Waals surface area contributed by atoms with E-state index in [2.05, 4.69) is 15.2 Å². The van der Waals surface area contributed by atoms with Crippen molar-refractivity contribution in [1.82, 2.24) is 15.2 Å². The number of amides is 1. The zero-order valence-corrected chi connectivity index (χ0v) is 16.3. The van der Waals surface area contributed by atoms with E-state index in [9.17, 15) is 14.4 Å². The van der Waals surface area contributed by atoms with Gasteiger partial charge in [-0.2, -0.15) is 0 Å². The maximum atomic E-state index is 12.5. The molecule has 4 N–H and O–H groups in total. The first-order valence-corrected chi connectivity index (χ1v) is 8.96. The Morgan fingerprint density at radius 1 is 1.48 bits per heavy atom. The highest BCUT2D eigenvalue weighted by Crippen LogP contribution is 2.18. The zero-order valence-electron chi connectivity index (χ0n) is 15.6. The Morgan fingerprint density at radius 3 is 2.81 bits per heavy atom. The van der Waals surface area contributed by atoms with Crippen LogP contribution in [0, 0.1) is 5.92 Å². The normalized spacial score (nSPS) is 21.5. The second-order valence-corrected chi connectivity index (χ2v) is 7.01. The number of methoxy groups -OCH3 is 2. The second kappa shape index (κ2) is 9.20. The van der Waals surface area contributed by atoms with Gasteiger partial charge in [0.2, 0.25) is 0 Å². The van der Waals surface area contributed by atoms with Gasteiger partial charge in [-0.25, -0.2) is 0 Å². The highest BCUT2D eigenvalue weighted by Gasteiger charge is 2.32. The number of rotatable bonds is 6. The number of carbonyl (C=O) groups excluding carboxylic acids is 2. The fourth-order valence-electron chi connectivity index (χ4n) is 3.15. The average molecular weight is 401 g/mol. The maximum absolute atomic E-state index is 12.5. The molecule has 2 heterocycles. The highest BCUT2D eigenvalue weighted by atomic mass is 35.5. The molecular formula is C17H25ClN4O5. The fourth-order valence-corrected chi connectivity index (χ4v) is 3.30. The van der Waals surface area contributed by atoms with Crippen LogP contribution < -0.4 is 16.6 Å². The van der Waals surface area contributed by atoms with Crippen LogP contribution in [0.1, 0.15) is 23.7 Å². The molecule has 27 heavy (non-hydrogen) atoms. The third kappa shape index (κ3) is 5.21. The molecule has 1 aromatic rings. The minimum absolute atomic E-state index is 0.0148. The van der Waals surface area contributed by atoms with Gasteiger partial charge in [0, 0.05) is 26.7 Å². The molecule has 150 valence electrons. The van der Waals surface area contributed by atoms with Crippen LogP contribution in [-0.4, -0.2) is 67.8 Å². The number of halogens is 1. The van der Waals surface area contributed by atoms with E-state index in [1.54, 1.807) is 14.0 Å². The summed E-state index contributed by atoms with van der Waals surface area (Å²) in [7, 11) is 2.92. The van der Waals surface area contributed by atoms with Gasteiger partial charge in [0.05, 0.1) is 30.2 Å². The molecule has 1 aliphatic heterocycles. The smallest absolute Gasteiger partial charge is 0.309 e. The second-order valence-electron chi connectivity index (χ2n) is 6.60. The van der Waals surface area contributed by atoms with Crippen molar-refractivity contribution in [2.24, 2.45) is 5.92 Å². The van der Waals surface area contributed by atoms with Gasteiger partial charge in [-0.1, -0.05) is 18.5 Å². The van der Waals surface area contributed by atoms with Crippen molar-refractivity contribution in [1.29, 1.82) is 0 Å². The molecule has 0 saturated carbocycles. The molecule has 0 unspecified atom stereocenters. The molecule has 3 atom stereocenters. The van der Waals surface area contributed by atoms with E-state index in [1.807, 2.05) is 0 Å². The summed E-state index contributed by atoms with van der Waals surface area (Å²) in [6.45, 7) is 3.56. The average Bonchev–Trinajstić information content (AvgIpc) is 2.64. The molecule has 1 aromatic heterocycles. The molecule has 2 rings (SSSR count). The predicted octanol–water partition coefficient (Wildman–Crippen LogP) is 0.239. The number of aromatic amines is 1. The molecule has 0 aliphatic carbocycles. The summed E-state index contributed by atoms with van der Waals surface area (Å²) in [6.07, 6.45) is 0.328. The van der Waals surface area contributed by atoms with E-state index in [-0.39, 0.29) is 40.4 Å². The number of anilines is 1. The van der Waals surface area contributed by atoms with Crippen molar-refractivity contribution in [2.45, 2.75) is 25.5 Å². The SMILES string of the molecule is COC(=O)[C@@H](C)CN1CC[C@H](NC(=O)c2cc(Cl)c(N)[nH]c2=O)[C@H](OC)C1. The number of likely N-dealkylation sites (tertiary alicyclic amines) is 1. The number of esters is 1. The van der Waals surface area contributed by atoms with Crippen LogP contribution in [0.4, 0.5) is 5.82 Å². The third-order valence-corrected chi connectivity index (χ3v) is 4.98. The van der Waals surface area contributed by atoms with Crippen molar-refractivity contribution in [3.05, 3.63) is 27.0 Å². The quantitative estimate of drug-likeness (QED) is 0.583. The molecule has 1 aliphatic rings. The van der Waals surface area contributed by atoms with Crippen LogP contribution in [-0.2, 0) is 14.3 Å². The molecule has 10 heteroatoms. The lowest BCUT2D eigenvalue weighted by Crippen LogP contribution is -2.56.